The van der Waals surface area contributed by atoms with Gasteiger partial charge in [0.15, 0.2) is 23.3 Å². The second-order valence-electron chi connectivity index (χ2n) is 4.24. The van der Waals surface area contributed by atoms with Gasteiger partial charge in [0.05, 0.1) is 0 Å². The summed E-state index contributed by atoms with van der Waals surface area (Å²) in [7, 11) is 0. The Morgan fingerprint density at radius 2 is 1.74 bits per heavy atom. The molecule has 0 spiro atoms. The highest BCUT2D eigenvalue weighted by molar-refractivity contribution is 5.63. The number of nitrogens with one attached hydrogen (secondary N) is 2. The van der Waals surface area contributed by atoms with Gasteiger partial charge in [0.25, 0.3) is 0 Å². The normalized spacial score (nSPS) is 10.4. The van der Waals surface area contributed by atoms with Crippen LogP contribution in [0.1, 0.15) is 11.1 Å². The summed E-state index contributed by atoms with van der Waals surface area (Å²) in [6.45, 7) is 3.80. The van der Waals surface area contributed by atoms with Gasteiger partial charge in [0.1, 0.15) is 0 Å². The average Bonchev–Trinajstić information content (AvgIpc) is 2.37. The predicted molar refractivity (Wildman–Crippen MR) is 71.2 cm³/mol. The Hall–Kier alpha value is -2.21. The first-order valence-electron chi connectivity index (χ1n) is 5.68. The van der Waals surface area contributed by atoms with Crippen LogP contribution in [0.3, 0.4) is 0 Å². The highest BCUT2D eigenvalue weighted by Crippen LogP contribution is 2.24. The van der Waals surface area contributed by atoms with E-state index in [1.807, 2.05) is 32.0 Å². The van der Waals surface area contributed by atoms with E-state index in [4.69, 9.17) is 5.84 Å². The molecular formula is C13H14F2N4. The molecule has 4 N–H and O–H groups in total. The van der Waals surface area contributed by atoms with Crippen molar-refractivity contribution in [3.63, 3.8) is 0 Å². The van der Waals surface area contributed by atoms with Crippen LogP contribution < -0.4 is 16.6 Å². The van der Waals surface area contributed by atoms with Gasteiger partial charge in [-0.3, -0.25) is 0 Å². The lowest BCUT2D eigenvalue weighted by Gasteiger charge is -2.12. The van der Waals surface area contributed by atoms with Crippen LogP contribution in [-0.4, -0.2) is 4.98 Å². The number of hydrogen-bond donors (Lipinski definition) is 3. The van der Waals surface area contributed by atoms with Crippen LogP contribution in [0.25, 0.3) is 0 Å². The zero-order chi connectivity index (χ0) is 14.0. The summed E-state index contributed by atoms with van der Waals surface area (Å²) in [5.74, 6) is 3.20. The number of anilines is 3. The van der Waals surface area contributed by atoms with Crippen LogP contribution in [-0.2, 0) is 0 Å². The fraction of sp³-hybridized carbons (Fsp3) is 0.154. The summed E-state index contributed by atoms with van der Waals surface area (Å²) in [5.41, 5.74) is 4.74. The van der Waals surface area contributed by atoms with Crippen molar-refractivity contribution in [3.05, 3.63) is 47.0 Å². The number of aryl methyl sites for hydroxylation is 2. The van der Waals surface area contributed by atoms with Crippen molar-refractivity contribution >= 4 is 17.3 Å². The monoisotopic (exact) mass is 264 g/mol. The van der Waals surface area contributed by atoms with E-state index in [1.165, 1.54) is 0 Å². The SMILES string of the molecule is Cc1ccc(C)c(Nc2nc(NN)c(F)cc2F)c1. The Kier molecular flexibility index (Phi) is 3.62. The number of pyridine rings is 1. The minimum Gasteiger partial charge on any atom is -0.337 e. The number of aromatic nitrogens is 1. The highest BCUT2D eigenvalue weighted by atomic mass is 19.1. The zero-order valence-corrected chi connectivity index (χ0v) is 10.6. The molecule has 1 heterocycles. The molecule has 100 valence electrons. The van der Waals surface area contributed by atoms with Gasteiger partial charge in [-0.05, 0) is 31.0 Å². The molecule has 1 aromatic carbocycles. The first-order valence-corrected chi connectivity index (χ1v) is 5.68. The van der Waals surface area contributed by atoms with Crippen LogP contribution in [0.15, 0.2) is 24.3 Å². The molecule has 1 aromatic heterocycles. The molecule has 4 nitrogen and oxygen atoms in total. The molecular weight excluding hydrogens is 250 g/mol. The van der Waals surface area contributed by atoms with Crippen LogP contribution >= 0.6 is 0 Å². The Morgan fingerprint density at radius 3 is 2.42 bits per heavy atom. The van der Waals surface area contributed by atoms with E-state index in [2.05, 4.69) is 15.7 Å². The van der Waals surface area contributed by atoms with Crippen LogP contribution in [0.5, 0.6) is 0 Å². The molecule has 0 aliphatic carbocycles. The molecule has 19 heavy (non-hydrogen) atoms. The standard InChI is InChI=1S/C13H14F2N4/c1-7-3-4-8(2)11(5-7)17-12-9(14)6-10(15)13(18-12)19-16/h3-6H,16H2,1-2H3,(H2,17,18,19). The second-order valence-corrected chi connectivity index (χ2v) is 4.24. The first kappa shape index (κ1) is 13.2. The van der Waals surface area contributed by atoms with Crippen molar-refractivity contribution in [1.29, 1.82) is 0 Å². The smallest absolute Gasteiger partial charge is 0.178 e. The number of hydrogen-bond acceptors (Lipinski definition) is 4. The number of nitrogens with two attached hydrogens (primary N) is 1. The Morgan fingerprint density at radius 1 is 1.05 bits per heavy atom. The fourth-order valence-electron chi connectivity index (χ4n) is 1.65. The number of nitrogen functional groups attached to an aromatic ring is 1. The largest absolute Gasteiger partial charge is 0.337 e. The van der Waals surface area contributed by atoms with Crippen LogP contribution in [0.2, 0.25) is 0 Å². The fourth-order valence-corrected chi connectivity index (χ4v) is 1.65. The van der Waals surface area contributed by atoms with E-state index in [-0.39, 0.29) is 11.6 Å². The van der Waals surface area contributed by atoms with E-state index in [0.717, 1.165) is 17.2 Å². The summed E-state index contributed by atoms with van der Waals surface area (Å²) in [6, 6.07) is 6.44. The summed E-state index contributed by atoms with van der Waals surface area (Å²) in [5, 5.41) is 2.83. The van der Waals surface area contributed by atoms with E-state index < -0.39 is 11.6 Å². The highest BCUT2D eigenvalue weighted by Gasteiger charge is 2.12. The Labute approximate surface area is 109 Å². The third-order valence-corrected chi connectivity index (χ3v) is 2.71. The number of benzene rings is 1. The maximum absolute atomic E-state index is 13.7. The van der Waals surface area contributed by atoms with E-state index in [9.17, 15) is 8.78 Å². The van der Waals surface area contributed by atoms with Gasteiger partial charge in [-0.1, -0.05) is 12.1 Å². The second kappa shape index (κ2) is 5.19. The Balaban J connectivity index is 2.40. The zero-order valence-electron chi connectivity index (χ0n) is 10.6. The number of nitrogens with zero attached hydrogens (tertiary/aromatic N) is 1. The molecule has 0 aliphatic heterocycles. The van der Waals surface area contributed by atoms with Gasteiger partial charge in [-0.15, -0.1) is 0 Å². The van der Waals surface area contributed by atoms with Gasteiger partial charge in [-0.25, -0.2) is 19.6 Å². The molecule has 2 aromatic rings. The summed E-state index contributed by atoms with van der Waals surface area (Å²) < 4.78 is 26.9. The summed E-state index contributed by atoms with van der Waals surface area (Å²) in [4.78, 5) is 3.76. The minimum atomic E-state index is -0.841. The summed E-state index contributed by atoms with van der Waals surface area (Å²) in [6.07, 6.45) is 0. The van der Waals surface area contributed by atoms with E-state index in [0.29, 0.717) is 5.69 Å². The van der Waals surface area contributed by atoms with Crippen molar-refractivity contribution in [2.24, 2.45) is 5.84 Å². The lowest BCUT2D eigenvalue weighted by Crippen LogP contribution is -2.12. The lowest BCUT2D eigenvalue weighted by atomic mass is 10.1. The maximum atomic E-state index is 13.7. The molecule has 0 saturated carbocycles. The number of halogens is 2. The van der Waals surface area contributed by atoms with Crippen LogP contribution in [0.4, 0.5) is 26.1 Å². The molecule has 0 amide bonds. The first-order chi connectivity index (χ1) is 9.01. The van der Waals surface area contributed by atoms with E-state index >= 15 is 0 Å². The average molecular weight is 264 g/mol. The van der Waals surface area contributed by atoms with Crippen molar-refractivity contribution in [1.82, 2.24) is 4.98 Å². The molecule has 2 rings (SSSR count). The third kappa shape index (κ3) is 2.79. The van der Waals surface area contributed by atoms with Crippen molar-refractivity contribution < 1.29 is 8.78 Å². The van der Waals surface area contributed by atoms with Crippen molar-refractivity contribution in [2.45, 2.75) is 13.8 Å². The van der Waals surface area contributed by atoms with Gasteiger partial charge in [-0.2, -0.15) is 0 Å². The Bertz CT molecular complexity index is 614. The molecule has 0 saturated heterocycles. The van der Waals surface area contributed by atoms with E-state index in [1.54, 1.807) is 0 Å². The topological polar surface area (TPSA) is 63.0 Å². The molecule has 0 atom stereocenters. The molecule has 6 heteroatoms. The molecule has 0 bridgehead atoms. The predicted octanol–water partition coefficient (Wildman–Crippen LogP) is 3.01. The molecule has 0 unspecified atom stereocenters. The van der Waals surface area contributed by atoms with Crippen LogP contribution in [0, 0.1) is 25.5 Å². The van der Waals surface area contributed by atoms with Crippen molar-refractivity contribution in [2.75, 3.05) is 10.7 Å². The maximum Gasteiger partial charge on any atom is 0.178 e. The van der Waals surface area contributed by atoms with Crippen molar-refractivity contribution in [3.8, 4) is 0 Å². The molecule has 0 aliphatic rings. The number of hydrazine groups is 1. The molecule has 0 fully saturated rings. The third-order valence-electron chi connectivity index (χ3n) is 2.71. The summed E-state index contributed by atoms with van der Waals surface area (Å²) >= 11 is 0. The number of rotatable bonds is 3. The lowest BCUT2D eigenvalue weighted by molar-refractivity contribution is 0.579. The van der Waals surface area contributed by atoms with Gasteiger partial charge >= 0.3 is 0 Å². The quantitative estimate of drug-likeness (QED) is 0.589. The van der Waals surface area contributed by atoms with Gasteiger partial charge in [0.2, 0.25) is 0 Å². The van der Waals surface area contributed by atoms with Gasteiger partial charge in [0, 0.05) is 11.8 Å². The van der Waals surface area contributed by atoms with Gasteiger partial charge < -0.3 is 10.7 Å². The minimum absolute atomic E-state index is 0.0805. The molecule has 0 radical (unpaired) electrons.